The van der Waals surface area contributed by atoms with E-state index >= 15 is 0 Å². The quantitative estimate of drug-likeness (QED) is 0.410. The maximum absolute atomic E-state index is 8.32. The highest BCUT2D eigenvalue weighted by Crippen LogP contribution is 2.03. The van der Waals surface area contributed by atoms with Crippen molar-refractivity contribution in [2.75, 3.05) is 0 Å². The summed E-state index contributed by atoms with van der Waals surface area (Å²) in [4.78, 5) is 0. The minimum atomic E-state index is 0.724. The van der Waals surface area contributed by atoms with Gasteiger partial charge >= 0.3 is 0 Å². The molecule has 1 rings (SSSR count). The smallest absolute Gasteiger partial charge is 0.104 e. The summed E-state index contributed by atoms with van der Waals surface area (Å²) in [5.41, 5.74) is 0.724. The van der Waals surface area contributed by atoms with Crippen LogP contribution in [0.2, 0.25) is 0 Å². The Morgan fingerprint density at radius 3 is 3.09 bits per heavy atom. The van der Waals surface area contributed by atoms with Crippen molar-refractivity contribution in [1.82, 2.24) is 0 Å². The van der Waals surface area contributed by atoms with Crippen LogP contribution in [0, 0.1) is 0 Å². The zero-order chi connectivity index (χ0) is 8.10. The summed E-state index contributed by atoms with van der Waals surface area (Å²) >= 11 is 0. The van der Waals surface area contributed by atoms with E-state index in [-0.39, 0.29) is 0 Å². The van der Waals surface area contributed by atoms with Gasteiger partial charge in [0.25, 0.3) is 0 Å². The van der Waals surface area contributed by atoms with Crippen molar-refractivity contribution in [3.63, 3.8) is 0 Å². The molecule has 0 aliphatic rings. The molecule has 3 nitrogen and oxygen atoms in total. The topological polar surface area (TPSA) is 45.7 Å². The van der Waals surface area contributed by atoms with Gasteiger partial charge in [-0.2, -0.15) is 0 Å². The molecule has 1 N–H and O–H groups in total. The molecule has 0 saturated heterocycles. The van der Waals surface area contributed by atoms with Crippen LogP contribution < -0.4 is 0 Å². The Morgan fingerprint density at radius 2 is 2.55 bits per heavy atom. The molecule has 0 saturated carbocycles. The molecule has 60 valence electrons. The summed E-state index contributed by atoms with van der Waals surface area (Å²) in [6.45, 7) is 1.78. The van der Waals surface area contributed by atoms with Crippen LogP contribution in [0.5, 0.6) is 0 Å². The number of aryl methyl sites for hydroxylation is 1. The van der Waals surface area contributed by atoms with Gasteiger partial charge in [0.2, 0.25) is 0 Å². The fraction of sp³-hybridized carbons (Fsp3) is 0.375. The number of hydrogen-bond acceptors (Lipinski definition) is 3. The molecule has 1 aromatic heterocycles. The molecule has 0 aliphatic carbocycles. The molecule has 11 heavy (non-hydrogen) atoms. The van der Waals surface area contributed by atoms with Crippen molar-refractivity contribution in [3.05, 3.63) is 24.2 Å². The van der Waals surface area contributed by atoms with Gasteiger partial charge in [0.15, 0.2) is 0 Å². The van der Waals surface area contributed by atoms with Crippen molar-refractivity contribution in [2.45, 2.75) is 19.8 Å². The third kappa shape index (κ3) is 2.45. The molecule has 0 aliphatic heterocycles. The van der Waals surface area contributed by atoms with Crippen LogP contribution in [0.15, 0.2) is 28.0 Å². The normalized spacial score (nSPS) is 11.9. The van der Waals surface area contributed by atoms with Crippen molar-refractivity contribution < 1.29 is 9.62 Å². The molecular formula is C8H11NO2. The highest BCUT2D eigenvalue weighted by atomic mass is 16.4. The number of hydrogen-bond donors (Lipinski definition) is 1. The van der Waals surface area contributed by atoms with Gasteiger partial charge in [-0.15, -0.1) is 0 Å². The molecule has 0 unspecified atom stereocenters. The van der Waals surface area contributed by atoms with E-state index in [1.807, 2.05) is 12.1 Å². The monoisotopic (exact) mass is 153 g/mol. The second kappa shape index (κ2) is 3.81. The van der Waals surface area contributed by atoms with E-state index in [0.29, 0.717) is 0 Å². The largest absolute Gasteiger partial charge is 0.469 e. The Balaban J connectivity index is 2.35. The summed E-state index contributed by atoms with van der Waals surface area (Å²) in [6.07, 6.45) is 3.17. The molecule has 0 fully saturated rings. The first-order chi connectivity index (χ1) is 5.33. The van der Waals surface area contributed by atoms with E-state index in [9.17, 15) is 0 Å². The SMILES string of the molecule is C/C(CCc1ccco1)=N/O. The molecule has 0 aromatic carbocycles. The summed E-state index contributed by atoms with van der Waals surface area (Å²) < 4.78 is 5.09. The predicted molar refractivity (Wildman–Crippen MR) is 41.9 cm³/mol. The summed E-state index contributed by atoms with van der Waals surface area (Å²) in [5.74, 6) is 0.924. The van der Waals surface area contributed by atoms with Gasteiger partial charge < -0.3 is 9.62 Å². The fourth-order valence-corrected chi connectivity index (χ4v) is 0.809. The van der Waals surface area contributed by atoms with Crippen LogP contribution in [0.25, 0.3) is 0 Å². The van der Waals surface area contributed by atoms with Crippen molar-refractivity contribution in [1.29, 1.82) is 0 Å². The lowest BCUT2D eigenvalue weighted by molar-refractivity contribution is 0.317. The van der Waals surface area contributed by atoms with E-state index in [2.05, 4.69) is 5.16 Å². The van der Waals surface area contributed by atoms with E-state index < -0.39 is 0 Å². The maximum Gasteiger partial charge on any atom is 0.104 e. The minimum absolute atomic E-state index is 0.724. The minimum Gasteiger partial charge on any atom is -0.469 e. The van der Waals surface area contributed by atoms with E-state index in [1.54, 1.807) is 13.2 Å². The van der Waals surface area contributed by atoms with Crippen LogP contribution in [0.1, 0.15) is 19.1 Å². The second-order valence-electron chi connectivity index (χ2n) is 2.41. The lowest BCUT2D eigenvalue weighted by Crippen LogP contribution is -1.93. The molecule has 1 heterocycles. The highest BCUT2D eigenvalue weighted by molar-refractivity contribution is 5.81. The zero-order valence-electron chi connectivity index (χ0n) is 6.45. The lowest BCUT2D eigenvalue weighted by Gasteiger charge is -1.93. The number of oxime groups is 1. The zero-order valence-corrected chi connectivity index (χ0v) is 6.45. The molecule has 3 heteroatoms. The summed E-state index contributed by atoms with van der Waals surface area (Å²) in [7, 11) is 0. The number of furan rings is 1. The average Bonchev–Trinajstić information content (AvgIpc) is 2.52. The van der Waals surface area contributed by atoms with Gasteiger partial charge in [0.1, 0.15) is 5.76 Å². The van der Waals surface area contributed by atoms with Crippen LogP contribution >= 0.6 is 0 Å². The van der Waals surface area contributed by atoms with E-state index in [0.717, 1.165) is 24.3 Å². The lowest BCUT2D eigenvalue weighted by atomic mass is 10.2. The Morgan fingerprint density at radius 1 is 1.73 bits per heavy atom. The first-order valence-corrected chi connectivity index (χ1v) is 3.53. The summed E-state index contributed by atoms with van der Waals surface area (Å²) in [5, 5.41) is 11.4. The molecular weight excluding hydrogens is 142 g/mol. The Labute approximate surface area is 65.3 Å². The molecule has 0 spiro atoms. The average molecular weight is 153 g/mol. The van der Waals surface area contributed by atoms with Gasteiger partial charge in [-0.05, 0) is 25.5 Å². The van der Waals surface area contributed by atoms with Crippen molar-refractivity contribution in [2.24, 2.45) is 5.16 Å². The third-order valence-corrected chi connectivity index (χ3v) is 1.48. The Kier molecular flexibility index (Phi) is 2.72. The van der Waals surface area contributed by atoms with Gasteiger partial charge in [0, 0.05) is 6.42 Å². The Bertz CT molecular complexity index is 226. The molecule has 0 radical (unpaired) electrons. The van der Waals surface area contributed by atoms with Crippen LogP contribution in [-0.4, -0.2) is 10.9 Å². The van der Waals surface area contributed by atoms with Gasteiger partial charge in [-0.3, -0.25) is 0 Å². The molecule has 1 aromatic rings. The predicted octanol–water partition coefficient (Wildman–Crippen LogP) is 2.06. The first-order valence-electron chi connectivity index (χ1n) is 3.53. The van der Waals surface area contributed by atoms with Crippen LogP contribution in [0.3, 0.4) is 0 Å². The highest BCUT2D eigenvalue weighted by Gasteiger charge is 1.96. The van der Waals surface area contributed by atoms with E-state index in [4.69, 9.17) is 9.62 Å². The fourth-order valence-electron chi connectivity index (χ4n) is 0.809. The second-order valence-corrected chi connectivity index (χ2v) is 2.41. The standard InChI is InChI=1S/C8H11NO2/c1-7(9-10)4-5-8-3-2-6-11-8/h2-3,6,10H,4-5H2,1H3/b9-7-. The van der Waals surface area contributed by atoms with Crippen molar-refractivity contribution in [3.8, 4) is 0 Å². The Hall–Kier alpha value is -1.25. The van der Waals surface area contributed by atoms with Crippen LogP contribution in [0.4, 0.5) is 0 Å². The first kappa shape index (κ1) is 7.85. The molecule has 0 amide bonds. The molecule has 0 atom stereocenters. The van der Waals surface area contributed by atoms with E-state index in [1.165, 1.54) is 0 Å². The van der Waals surface area contributed by atoms with Crippen molar-refractivity contribution >= 4 is 5.71 Å². The van der Waals surface area contributed by atoms with Gasteiger partial charge in [-0.25, -0.2) is 0 Å². The third-order valence-electron chi connectivity index (χ3n) is 1.48. The summed E-state index contributed by atoms with van der Waals surface area (Å²) in [6, 6.07) is 3.76. The maximum atomic E-state index is 8.32. The number of nitrogens with zero attached hydrogens (tertiary/aromatic N) is 1. The number of rotatable bonds is 3. The molecule has 0 bridgehead atoms. The van der Waals surface area contributed by atoms with Gasteiger partial charge in [-0.1, -0.05) is 5.16 Å². The van der Waals surface area contributed by atoms with Crippen LogP contribution in [-0.2, 0) is 6.42 Å². The van der Waals surface area contributed by atoms with Gasteiger partial charge in [0.05, 0.1) is 12.0 Å².